The minimum Gasteiger partial charge on any atom is -0.382 e. The van der Waals surface area contributed by atoms with Crippen LogP contribution in [0.2, 0.25) is 0 Å². The lowest BCUT2D eigenvalue weighted by molar-refractivity contribution is 0.0907. The highest BCUT2D eigenvalue weighted by Crippen LogP contribution is 2.22. The Morgan fingerprint density at radius 2 is 2.29 bits per heavy atom. The standard InChI is InChI=1S/C16H23FN2O2/c1-3-8-18-15-13(5-4-6-14(15)17)16(20)19-10-12-7-9-21-11(12)2/h4-6,11-12,18H,3,7-10H2,1-2H3,(H,19,20). The Morgan fingerprint density at radius 3 is 2.95 bits per heavy atom. The molecule has 116 valence electrons. The van der Waals surface area contributed by atoms with Crippen LogP contribution >= 0.6 is 0 Å². The number of hydrogen-bond donors (Lipinski definition) is 2. The predicted molar refractivity (Wildman–Crippen MR) is 81.0 cm³/mol. The first-order chi connectivity index (χ1) is 10.1. The maximum Gasteiger partial charge on any atom is 0.253 e. The third kappa shape index (κ3) is 3.94. The zero-order chi connectivity index (χ0) is 15.2. The summed E-state index contributed by atoms with van der Waals surface area (Å²) in [7, 11) is 0. The molecule has 2 atom stereocenters. The quantitative estimate of drug-likeness (QED) is 0.848. The van der Waals surface area contributed by atoms with Crippen LogP contribution in [0, 0.1) is 11.7 Å². The maximum atomic E-state index is 13.9. The van der Waals surface area contributed by atoms with Crippen molar-refractivity contribution < 1.29 is 13.9 Å². The molecule has 0 saturated carbocycles. The van der Waals surface area contributed by atoms with Crippen LogP contribution in [0.4, 0.5) is 10.1 Å². The summed E-state index contributed by atoms with van der Waals surface area (Å²) in [5, 5.41) is 5.88. The Hall–Kier alpha value is -1.62. The molecule has 1 aliphatic heterocycles. The van der Waals surface area contributed by atoms with Crippen LogP contribution in [0.25, 0.3) is 0 Å². The van der Waals surface area contributed by atoms with Gasteiger partial charge in [-0.2, -0.15) is 0 Å². The fourth-order valence-corrected chi connectivity index (χ4v) is 2.51. The topological polar surface area (TPSA) is 50.4 Å². The molecule has 1 aliphatic rings. The van der Waals surface area contributed by atoms with Gasteiger partial charge in [0.05, 0.1) is 17.4 Å². The minimum atomic E-state index is -0.395. The first kappa shape index (κ1) is 15.8. The van der Waals surface area contributed by atoms with Crippen molar-refractivity contribution in [2.75, 3.05) is 25.0 Å². The van der Waals surface area contributed by atoms with Gasteiger partial charge in [0, 0.05) is 25.6 Å². The molecular formula is C16H23FN2O2. The number of amides is 1. The molecule has 2 rings (SSSR count). The molecule has 0 radical (unpaired) electrons. The van der Waals surface area contributed by atoms with Gasteiger partial charge in [-0.15, -0.1) is 0 Å². The van der Waals surface area contributed by atoms with Crippen molar-refractivity contribution in [3.8, 4) is 0 Å². The molecule has 1 heterocycles. The normalized spacial score (nSPS) is 21.3. The third-order valence-corrected chi connectivity index (χ3v) is 3.87. The number of ether oxygens (including phenoxy) is 1. The van der Waals surface area contributed by atoms with E-state index in [1.807, 2.05) is 13.8 Å². The lowest BCUT2D eigenvalue weighted by Gasteiger charge is -2.16. The Balaban J connectivity index is 2.02. The van der Waals surface area contributed by atoms with Crippen LogP contribution in [0.5, 0.6) is 0 Å². The first-order valence-corrected chi connectivity index (χ1v) is 7.55. The van der Waals surface area contributed by atoms with E-state index in [0.29, 0.717) is 24.6 Å². The number of carbonyl (C=O) groups excluding carboxylic acids is 1. The predicted octanol–water partition coefficient (Wildman–Crippen LogP) is 2.80. The van der Waals surface area contributed by atoms with Gasteiger partial charge in [-0.05, 0) is 31.9 Å². The fourth-order valence-electron chi connectivity index (χ4n) is 2.51. The molecule has 2 N–H and O–H groups in total. The number of nitrogens with one attached hydrogen (secondary N) is 2. The number of carbonyl (C=O) groups is 1. The summed E-state index contributed by atoms with van der Waals surface area (Å²) in [5.74, 6) is -0.310. The molecule has 21 heavy (non-hydrogen) atoms. The lowest BCUT2D eigenvalue weighted by Crippen LogP contribution is -2.32. The minimum absolute atomic E-state index is 0.162. The first-order valence-electron chi connectivity index (χ1n) is 7.55. The van der Waals surface area contributed by atoms with Gasteiger partial charge < -0.3 is 15.4 Å². The molecule has 0 bridgehead atoms. The van der Waals surface area contributed by atoms with Gasteiger partial charge in [-0.1, -0.05) is 13.0 Å². The zero-order valence-electron chi connectivity index (χ0n) is 12.6. The van der Waals surface area contributed by atoms with Gasteiger partial charge in [0.25, 0.3) is 5.91 Å². The van der Waals surface area contributed by atoms with E-state index in [0.717, 1.165) is 19.4 Å². The Kier molecular flexibility index (Phi) is 5.56. The average Bonchev–Trinajstić information content (AvgIpc) is 2.88. The van der Waals surface area contributed by atoms with E-state index in [-0.39, 0.29) is 17.7 Å². The molecule has 0 aliphatic carbocycles. The third-order valence-electron chi connectivity index (χ3n) is 3.87. The van der Waals surface area contributed by atoms with Gasteiger partial charge in [-0.25, -0.2) is 4.39 Å². The van der Waals surface area contributed by atoms with Crippen LogP contribution in [0.1, 0.15) is 37.0 Å². The molecule has 1 aromatic rings. The van der Waals surface area contributed by atoms with Crippen LogP contribution in [-0.2, 0) is 4.74 Å². The molecule has 1 saturated heterocycles. The highest BCUT2D eigenvalue weighted by atomic mass is 19.1. The maximum absolute atomic E-state index is 13.9. The lowest BCUT2D eigenvalue weighted by atomic mass is 10.0. The Bertz CT molecular complexity index is 493. The molecule has 4 nitrogen and oxygen atoms in total. The van der Waals surface area contributed by atoms with Crippen molar-refractivity contribution >= 4 is 11.6 Å². The summed E-state index contributed by atoms with van der Waals surface area (Å²) in [6.07, 6.45) is 1.98. The molecular weight excluding hydrogens is 271 g/mol. The van der Waals surface area contributed by atoms with E-state index >= 15 is 0 Å². The monoisotopic (exact) mass is 294 g/mol. The number of anilines is 1. The van der Waals surface area contributed by atoms with Crippen molar-refractivity contribution in [3.05, 3.63) is 29.6 Å². The number of rotatable bonds is 6. The van der Waals surface area contributed by atoms with Gasteiger partial charge >= 0.3 is 0 Å². The van der Waals surface area contributed by atoms with Crippen molar-refractivity contribution in [2.24, 2.45) is 5.92 Å². The molecule has 5 heteroatoms. The van der Waals surface area contributed by atoms with Gasteiger partial charge in [0.2, 0.25) is 0 Å². The number of hydrogen-bond acceptors (Lipinski definition) is 3. The van der Waals surface area contributed by atoms with Gasteiger partial charge in [-0.3, -0.25) is 4.79 Å². The summed E-state index contributed by atoms with van der Waals surface area (Å²) in [4.78, 5) is 12.3. The van der Waals surface area contributed by atoms with Crippen molar-refractivity contribution in [2.45, 2.75) is 32.8 Å². The van der Waals surface area contributed by atoms with Crippen molar-refractivity contribution in [3.63, 3.8) is 0 Å². The smallest absolute Gasteiger partial charge is 0.253 e. The number of halogens is 1. The second-order valence-electron chi connectivity index (χ2n) is 5.42. The average molecular weight is 294 g/mol. The fraction of sp³-hybridized carbons (Fsp3) is 0.562. The van der Waals surface area contributed by atoms with Crippen LogP contribution in [-0.4, -0.2) is 31.7 Å². The molecule has 0 aromatic heterocycles. The van der Waals surface area contributed by atoms with Crippen molar-refractivity contribution in [1.29, 1.82) is 0 Å². The highest BCUT2D eigenvalue weighted by Gasteiger charge is 2.25. The SMILES string of the molecule is CCCNc1c(F)cccc1C(=O)NCC1CCOC1C. The second kappa shape index (κ2) is 7.41. The van der Waals surface area contributed by atoms with Crippen LogP contribution in [0.3, 0.4) is 0 Å². The summed E-state index contributed by atoms with van der Waals surface area (Å²) in [6.45, 7) is 5.94. The molecule has 2 unspecified atom stereocenters. The molecule has 1 fully saturated rings. The van der Waals surface area contributed by atoms with Crippen LogP contribution in [0.15, 0.2) is 18.2 Å². The largest absolute Gasteiger partial charge is 0.382 e. The molecule has 1 aromatic carbocycles. The van der Waals surface area contributed by atoms with Crippen LogP contribution < -0.4 is 10.6 Å². The van der Waals surface area contributed by atoms with E-state index in [1.165, 1.54) is 6.07 Å². The second-order valence-corrected chi connectivity index (χ2v) is 5.42. The Morgan fingerprint density at radius 1 is 1.48 bits per heavy atom. The van der Waals surface area contributed by atoms with E-state index in [1.54, 1.807) is 12.1 Å². The van der Waals surface area contributed by atoms with E-state index in [2.05, 4.69) is 10.6 Å². The zero-order valence-corrected chi connectivity index (χ0v) is 12.6. The summed E-state index contributed by atoms with van der Waals surface area (Å²) in [6, 6.07) is 4.56. The number of benzene rings is 1. The molecule has 1 amide bonds. The molecule has 0 spiro atoms. The van der Waals surface area contributed by atoms with E-state index in [4.69, 9.17) is 4.74 Å². The van der Waals surface area contributed by atoms with Crippen molar-refractivity contribution in [1.82, 2.24) is 5.32 Å². The van der Waals surface area contributed by atoms with E-state index < -0.39 is 5.82 Å². The number of para-hydroxylation sites is 1. The highest BCUT2D eigenvalue weighted by molar-refractivity contribution is 5.99. The summed E-state index contributed by atoms with van der Waals surface area (Å²) >= 11 is 0. The summed E-state index contributed by atoms with van der Waals surface area (Å²) in [5.41, 5.74) is 0.641. The Labute approximate surface area is 125 Å². The van der Waals surface area contributed by atoms with Gasteiger partial charge in [0.1, 0.15) is 5.82 Å². The van der Waals surface area contributed by atoms with E-state index in [9.17, 15) is 9.18 Å². The summed E-state index contributed by atoms with van der Waals surface area (Å²) < 4.78 is 19.4. The van der Waals surface area contributed by atoms with Gasteiger partial charge in [0.15, 0.2) is 0 Å².